The number of carbonyl (C=O) groups is 2. The molecule has 6 nitrogen and oxygen atoms in total. The molecule has 1 rings (SSSR count). The van der Waals surface area contributed by atoms with Crippen LogP contribution in [0.3, 0.4) is 0 Å². The van der Waals surface area contributed by atoms with Gasteiger partial charge in [0.15, 0.2) is 0 Å². The number of rotatable bonds is 7. The van der Waals surface area contributed by atoms with Crippen molar-refractivity contribution in [1.29, 1.82) is 5.26 Å². The van der Waals surface area contributed by atoms with Crippen LogP contribution in [0.1, 0.15) is 39.0 Å². The van der Waals surface area contributed by atoms with E-state index in [4.69, 9.17) is 5.26 Å². The molecule has 1 aliphatic heterocycles. The average molecular weight is 295 g/mol. The first kappa shape index (κ1) is 17.4. The number of nitrogens with zero attached hydrogens (tertiary/aromatic N) is 3. The van der Waals surface area contributed by atoms with Crippen LogP contribution >= 0.6 is 0 Å². The molecule has 118 valence electrons. The Morgan fingerprint density at radius 1 is 1.38 bits per heavy atom. The number of piperidine rings is 1. The van der Waals surface area contributed by atoms with Crippen molar-refractivity contribution in [3.63, 3.8) is 0 Å². The fraction of sp³-hybridized carbons (Fsp3) is 0.800. The second-order valence-electron chi connectivity index (χ2n) is 5.84. The highest BCUT2D eigenvalue weighted by atomic mass is 16.4. The van der Waals surface area contributed by atoms with Gasteiger partial charge in [0.1, 0.15) is 0 Å². The van der Waals surface area contributed by atoms with Crippen molar-refractivity contribution in [1.82, 2.24) is 9.80 Å². The molecule has 0 aromatic heterocycles. The predicted octanol–water partition coefficient (Wildman–Crippen LogP) is 1.33. The lowest BCUT2D eigenvalue weighted by atomic mass is 9.75. The molecular weight excluding hydrogens is 270 g/mol. The number of carbonyl (C=O) groups excluding carboxylic acids is 1. The number of hydrogen-bond donors (Lipinski definition) is 1. The molecule has 1 fully saturated rings. The van der Waals surface area contributed by atoms with Gasteiger partial charge in [-0.2, -0.15) is 5.26 Å². The molecule has 0 unspecified atom stereocenters. The number of likely N-dealkylation sites (tertiary alicyclic amines) is 1. The third kappa shape index (κ3) is 4.71. The molecular formula is C15H25N3O3. The van der Waals surface area contributed by atoms with E-state index in [0.29, 0.717) is 51.9 Å². The highest BCUT2D eigenvalue weighted by Gasteiger charge is 2.40. The zero-order valence-electron chi connectivity index (χ0n) is 13.0. The Kier molecular flexibility index (Phi) is 6.63. The van der Waals surface area contributed by atoms with Crippen molar-refractivity contribution in [2.75, 3.05) is 33.2 Å². The van der Waals surface area contributed by atoms with Gasteiger partial charge in [-0.15, -0.1) is 0 Å². The van der Waals surface area contributed by atoms with Gasteiger partial charge in [0.05, 0.1) is 24.4 Å². The van der Waals surface area contributed by atoms with Gasteiger partial charge in [-0.1, -0.05) is 13.3 Å². The summed E-state index contributed by atoms with van der Waals surface area (Å²) in [6, 6.07) is 2.02. The summed E-state index contributed by atoms with van der Waals surface area (Å²) < 4.78 is 0. The fourth-order valence-corrected chi connectivity index (χ4v) is 2.84. The smallest absolute Gasteiger partial charge is 0.309 e. The first-order valence-corrected chi connectivity index (χ1v) is 7.52. The van der Waals surface area contributed by atoms with Gasteiger partial charge in [-0.05, 0) is 32.4 Å². The van der Waals surface area contributed by atoms with Crippen molar-refractivity contribution in [3.8, 4) is 6.07 Å². The number of hydrogen-bond acceptors (Lipinski definition) is 4. The molecule has 6 heteroatoms. The maximum Gasteiger partial charge on any atom is 0.309 e. The number of amides is 1. The lowest BCUT2D eigenvalue weighted by molar-refractivity contribution is -0.152. The largest absolute Gasteiger partial charge is 0.481 e. The SMILES string of the molecule is CCCC1(C(=O)O)CCN(CC(=O)N(C)CCC#N)CC1. The normalized spacial score (nSPS) is 18.0. The minimum Gasteiger partial charge on any atom is -0.481 e. The van der Waals surface area contributed by atoms with Crippen LogP contribution in [0.15, 0.2) is 0 Å². The quantitative estimate of drug-likeness (QED) is 0.766. The minimum atomic E-state index is -0.707. The molecule has 1 aliphatic rings. The molecule has 1 saturated heterocycles. The van der Waals surface area contributed by atoms with E-state index in [1.54, 1.807) is 11.9 Å². The van der Waals surface area contributed by atoms with Gasteiger partial charge in [0.2, 0.25) is 5.91 Å². The fourth-order valence-electron chi connectivity index (χ4n) is 2.84. The van der Waals surface area contributed by atoms with Crippen LogP contribution in [-0.4, -0.2) is 60.0 Å². The monoisotopic (exact) mass is 295 g/mol. The van der Waals surface area contributed by atoms with Crippen LogP contribution in [0.4, 0.5) is 0 Å². The highest BCUT2D eigenvalue weighted by molar-refractivity contribution is 5.78. The van der Waals surface area contributed by atoms with Gasteiger partial charge >= 0.3 is 5.97 Å². The first-order chi connectivity index (χ1) is 9.95. The predicted molar refractivity (Wildman–Crippen MR) is 78.5 cm³/mol. The molecule has 0 radical (unpaired) electrons. The molecule has 0 saturated carbocycles. The number of nitriles is 1. The zero-order chi connectivity index (χ0) is 15.9. The zero-order valence-corrected chi connectivity index (χ0v) is 13.0. The average Bonchev–Trinajstić information content (AvgIpc) is 2.46. The summed E-state index contributed by atoms with van der Waals surface area (Å²) in [6.07, 6.45) is 3.10. The van der Waals surface area contributed by atoms with Crippen molar-refractivity contribution >= 4 is 11.9 Å². The Hall–Kier alpha value is -1.61. The molecule has 0 bridgehead atoms. The summed E-state index contributed by atoms with van der Waals surface area (Å²) >= 11 is 0. The third-order valence-electron chi connectivity index (χ3n) is 4.34. The van der Waals surface area contributed by atoms with Crippen LogP contribution in [0, 0.1) is 16.7 Å². The summed E-state index contributed by atoms with van der Waals surface area (Å²) in [7, 11) is 1.70. The summed E-state index contributed by atoms with van der Waals surface area (Å²) in [5.41, 5.74) is -0.610. The van der Waals surface area contributed by atoms with Gasteiger partial charge < -0.3 is 10.0 Å². The van der Waals surface area contributed by atoms with Gasteiger partial charge in [-0.25, -0.2) is 0 Å². The maximum atomic E-state index is 12.0. The second-order valence-corrected chi connectivity index (χ2v) is 5.84. The molecule has 0 spiro atoms. The molecule has 0 atom stereocenters. The van der Waals surface area contributed by atoms with Crippen LogP contribution in [0.25, 0.3) is 0 Å². The van der Waals surface area contributed by atoms with Crippen molar-refractivity contribution < 1.29 is 14.7 Å². The van der Waals surface area contributed by atoms with Crippen LogP contribution in [-0.2, 0) is 9.59 Å². The van der Waals surface area contributed by atoms with E-state index in [9.17, 15) is 14.7 Å². The van der Waals surface area contributed by atoms with Gasteiger partial charge in [-0.3, -0.25) is 14.5 Å². The molecule has 1 N–H and O–H groups in total. The topological polar surface area (TPSA) is 84.6 Å². The summed E-state index contributed by atoms with van der Waals surface area (Å²) in [5.74, 6) is -0.718. The Morgan fingerprint density at radius 3 is 2.48 bits per heavy atom. The number of likely N-dealkylation sites (N-methyl/N-ethyl adjacent to an activating group) is 1. The van der Waals surface area contributed by atoms with E-state index in [0.717, 1.165) is 6.42 Å². The maximum absolute atomic E-state index is 12.0. The number of aliphatic carboxylic acids is 1. The molecule has 0 aliphatic carbocycles. The Bertz CT molecular complexity index is 409. The lowest BCUT2D eigenvalue weighted by Crippen LogP contribution is -2.47. The van der Waals surface area contributed by atoms with E-state index < -0.39 is 11.4 Å². The Balaban J connectivity index is 2.47. The molecule has 21 heavy (non-hydrogen) atoms. The van der Waals surface area contributed by atoms with Crippen LogP contribution in [0.5, 0.6) is 0 Å². The van der Waals surface area contributed by atoms with E-state index in [1.807, 2.05) is 17.9 Å². The van der Waals surface area contributed by atoms with Gasteiger partial charge in [0.25, 0.3) is 0 Å². The van der Waals surface area contributed by atoms with E-state index in [-0.39, 0.29) is 5.91 Å². The summed E-state index contributed by atoms with van der Waals surface area (Å²) in [4.78, 5) is 27.1. The van der Waals surface area contributed by atoms with Gasteiger partial charge in [0, 0.05) is 13.6 Å². The summed E-state index contributed by atoms with van der Waals surface area (Å²) in [6.45, 7) is 4.04. The van der Waals surface area contributed by atoms with Crippen molar-refractivity contribution in [2.45, 2.75) is 39.0 Å². The lowest BCUT2D eigenvalue weighted by Gasteiger charge is -2.38. The molecule has 1 amide bonds. The Morgan fingerprint density at radius 2 is 2.00 bits per heavy atom. The van der Waals surface area contributed by atoms with E-state index in [1.165, 1.54) is 0 Å². The minimum absolute atomic E-state index is 0.0106. The highest BCUT2D eigenvalue weighted by Crippen LogP contribution is 2.36. The van der Waals surface area contributed by atoms with Crippen LogP contribution in [0.2, 0.25) is 0 Å². The molecule has 0 aromatic rings. The molecule has 0 aromatic carbocycles. The summed E-state index contributed by atoms with van der Waals surface area (Å²) in [5, 5.41) is 18.0. The second kappa shape index (κ2) is 7.99. The first-order valence-electron chi connectivity index (χ1n) is 7.52. The van der Waals surface area contributed by atoms with E-state index in [2.05, 4.69) is 0 Å². The van der Waals surface area contributed by atoms with Crippen molar-refractivity contribution in [3.05, 3.63) is 0 Å². The van der Waals surface area contributed by atoms with Crippen LogP contribution < -0.4 is 0 Å². The molecule has 1 heterocycles. The number of carboxylic acids is 1. The van der Waals surface area contributed by atoms with Crippen molar-refractivity contribution in [2.24, 2.45) is 5.41 Å². The Labute approximate surface area is 126 Å². The third-order valence-corrected chi connectivity index (χ3v) is 4.34. The number of carboxylic acid groups (broad SMARTS) is 1. The standard InChI is InChI=1S/C15H25N3O3/c1-3-5-15(14(20)21)6-10-18(11-7-15)12-13(19)17(2)9-4-8-16/h3-7,9-12H2,1-2H3,(H,20,21). The van der Waals surface area contributed by atoms with E-state index >= 15 is 0 Å².